The number of H-pyrrole nitrogens is 2. The molecular formula is C30H28N6. The molecule has 3 N–H and O–H groups in total. The van der Waals surface area contributed by atoms with Gasteiger partial charge in [0.2, 0.25) is 0 Å². The predicted octanol–water partition coefficient (Wildman–Crippen LogP) is 7.63. The molecule has 178 valence electrons. The van der Waals surface area contributed by atoms with E-state index in [0.29, 0.717) is 0 Å². The van der Waals surface area contributed by atoms with Crippen LogP contribution >= 0.6 is 0 Å². The number of fused-ring (bicyclic) bond motifs is 2. The number of unbranched alkanes of at least 4 members (excludes halogenated alkanes) is 1. The minimum atomic E-state index is 0.889. The Morgan fingerprint density at radius 3 is 2.78 bits per heavy atom. The van der Waals surface area contributed by atoms with E-state index in [2.05, 4.69) is 92.5 Å². The molecule has 36 heavy (non-hydrogen) atoms. The number of aromatic amines is 2. The van der Waals surface area contributed by atoms with Crippen LogP contribution in [-0.2, 0) is 0 Å². The van der Waals surface area contributed by atoms with Crippen LogP contribution in [0.3, 0.4) is 0 Å². The van der Waals surface area contributed by atoms with Gasteiger partial charge >= 0.3 is 0 Å². The number of benzene rings is 1. The second kappa shape index (κ2) is 9.30. The summed E-state index contributed by atoms with van der Waals surface area (Å²) in [6.07, 6.45) is 18.3. The molecule has 4 heterocycles. The zero-order chi connectivity index (χ0) is 24.5. The molecule has 1 aliphatic rings. The second-order valence-corrected chi connectivity index (χ2v) is 9.26. The number of pyridine rings is 2. The summed E-state index contributed by atoms with van der Waals surface area (Å²) in [6.45, 7) is 6.34. The molecule has 0 fully saturated rings. The molecule has 0 amide bonds. The van der Waals surface area contributed by atoms with Gasteiger partial charge in [0.25, 0.3) is 0 Å². The largest absolute Gasteiger partial charge is 0.358 e. The van der Waals surface area contributed by atoms with E-state index in [1.165, 1.54) is 5.57 Å². The topological polar surface area (TPSA) is 82.3 Å². The van der Waals surface area contributed by atoms with Gasteiger partial charge in [-0.25, -0.2) is 0 Å². The summed E-state index contributed by atoms with van der Waals surface area (Å²) in [4.78, 5) is 12.5. The third-order valence-electron chi connectivity index (χ3n) is 6.67. The van der Waals surface area contributed by atoms with Crippen molar-refractivity contribution in [3.8, 4) is 22.5 Å². The normalized spacial score (nSPS) is 13.0. The summed E-state index contributed by atoms with van der Waals surface area (Å²) in [5.74, 6) is 0. The number of allylic oxidation sites excluding steroid dienone is 5. The maximum Gasteiger partial charge on any atom is 0.116 e. The van der Waals surface area contributed by atoms with E-state index in [1.807, 2.05) is 24.8 Å². The van der Waals surface area contributed by atoms with Gasteiger partial charge in [0.15, 0.2) is 0 Å². The fraction of sp³-hybridized carbons (Fsp3) is 0.167. The Bertz CT molecular complexity index is 1650. The summed E-state index contributed by atoms with van der Waals surface area (Å²) in [5.41, 5.74) is 10.3. The average molecular weight is 473 g/mol. The first-order valence-corrected chi connectivity index (χ1v) is 12.4. The number of hydrogen-bond donors (Lipinski definition) is 3. The first-order valence-electron chi connectivity index (χ1n) is 12.4. The van der Waals surface area contributed by atoms with Crippen molar-refractivity contribution < 1.29 is 0 Å². The lowest BCUT2D eigenvalue weighted by atomic mass is 10.0. The van der Waals surface area contributed by atoms with E-state index in [-0.39, 0.29) is 0 Å². The van der Waals surface area contributed by atoms with Crippen molar-refractivity contribution in [3.63, 3.8) is 0 Å². The SMILES string of the molecule is C=C(CCCC)Nc1cncc(-c2ccc3[nH]nc(-c4cc5c(C6=CCC=C6)cncc5[nH]4)c3c2)c1. The maximum atomic E-state index is 4.66. The smallest absolute Gasteiger partial charge is 0.116 e. The number of nitrogens with one attached hydrogen (secondary N) is 3. The Balaban J connectivity index is 1.36. The fourth-order valence-electron chi connectivity index (χ4n) is 4.79. The molecule has 0 unspecified atom stereocenters. The minimum Gasteiger partial charge on any atom is -0.358 e. The van der Waals surface area contributed by atoms with Crippen LogP contribution in [0.2, 0.25) is 0 Å². The van der Waals surface area contributed by atoms with Gasteiger partial charge in [-0.05, 0) is 54.7 Å². The van der Waals surface area contributed by atoms with Crippen LogP contribution in [0.5, 0.6) is 0 Å². The monoisotopic (exact) mass is 472 g/mol. The van der Waals surface area contributed by atoms with E-state index in [4.69, 9.17) is 0 Å². The van der Waals surface area contributed by atoms with Gasteiger partial charge < -0.3 is 10.3 Å². The molecule has 6 heteroatoms. The Kier molecular flexibility index (Phi) is 5.70. The van der Waals surface area contributed by atoms with Gasteiger partial charge in [0, 0.05) is 40.0 Å². The molecule has 0 aliphatic heterocycles. The van der Waals surface area contributed by atoms with E-state index >= 15 is 0 Å². The van der Waals surface area contributed by atoms with Gasteiger partial charge in [0.05, 0.1) is 34.8 Å². The number of rotatable bonds is 8. The van der Waals surface area contributed by atoms with Crippen molar-refractivity contribution in [2.24, 2.45) is 0 Å². The molecule has 0 saturated heterocycles. The molecule has 1 aromatic carbocycles. The number of anilines is 1. The summed E-state index contributed by atoms with van der Waals surface area (Å²) < 4.78 is 0. The summed E-state index contributed by atoms with van der Waals surface area (Å²) in [5, 5.41) is 13.5. The van der Waals surface area contributed by atoms with E-state index < -0.39 is 0 Å². The standard InChI is InChI=1S/C30H28N6/c1-3-4-7-19(2)33-23-12-22(15-31-16-23)21-10-11-27-25(13-21)30(36-35-27)28-14-24-26(20-8-5-6-9-20)17-32-18-29(24)34-28/h5,8-18,33-34H,2-4,6-7H2,1H3,(H,35,36). The van der Waals surface area contributed by atoms with Crippen LogP contribution in [0.25, 0.3) is 49.9 Å². The summed E-state index contributed by atoms with van der Waals surface area (Å²) in [7, 11) is 0. The van der Waals surface area contributed by atoms with Crippen LogP contribution in [-0.4, -0.2) is 25.1 Å². The van der Waals surface area contributed by atoms with Crippen molar-refractivity contribution in [1.29, 1.82) is 0 Å². The molecule has 0 radical (unpaired) electrons. The van der Waals surface area contributed by atoms with Crippen molar-refractivity contribution in [2.45, 2.75) is 32.6 Å². The average Bonchev–Trinajstić information content (AvgIpc) is 3.66. The maximum absolute atomic E-state index is 4.66. The van der Waals surface area contributed by atoms with E-state index in [9.17, 15) is 0 Å². The van der Waals surface area contributed by atoms with Gasteiger partial charge in [-0.2, -0.15) is 5.10 Å². The first kappa shape index (κ1) is 22.0. The number of hydrogen-bond acceptors (Lipinski definition) is 4. The van der Waals surface area contributed by atoms with Gasteiger partial charge in [-0.3, -0.25) is 15.1 Å². The van der Waals surface area contributed by atoms with Gasteiger partial charge in [-0.1, -0.05) is 44.2 Å². The highest BCUT2D eigenvalue weighted by atomic mass is 15.1. The first-order chi connectivity index (χ1) is 17.7. The van der Waals surface area contributed by atoms with Crippen molar-refractivity contribution >= 4 is 33.1 Å². The summed E-state index contributed by atoms with van der Waals surface area (Å²) in [6, 6.07) is 10.6. The Morgan fingerprint density at radius 2 is 1.92 bits per heavy atom. The quantitative estimate of drug-likeness (QED) is 0.217. The molecule has 6 rings (SSSR count). The van der Waals surface area contributed by atoms with Crippen molar-refractivity contribution in [3.05, 3.63) is 91.2 Å². The van der Waals surface area contributed by atoms with Gasteiger partial charge in [-0.15, -0.1) is 0 Å². The van der Waals surface area contributed by atoms with Crippen molar-refractivity contribution in [1.82, 2.24) is 25.1 Å². The molecule has 0 spiro atoms. The minimum absolute atomic E-state index is 0.889. The highest BCUT2D eigenvalue weighted by molar-refractivity contribution is 6.01. The zero-order valence-corrected chi connectivity index (χ0v) is 20.3. The zero-order valence-electron chi connectivity index (χ0n) is 20.3. The van der Waals surface area contributed by atoms with Crippen LogP contribution in [0.1, 0.15) is 38.2 Å². The molecule has 0 atom stereocenters. The Labute approximate surface area is 209 Å². The molecule has 0 saturated carbocycles. The van der Waals surface area contributed by atoms with Crippen LogP contribution < -0.4 is 5.32 Å². The lowest BCUT2D eigenvalue weighted by molar-refractivity contribution is 0.791. The predicted molar refractivity (Wildman–Crippen MR) is 148 cm³/mol. The Hall–Kier alpha value is -4.45. The number of nitrogens with zero attached hydrogens (tertiary/aromatic N) is 3. The highest BCUT2D eigenvalue weighted by Crippen LogP contribution is 2.35. The Morgan fingerprint density at radius 1 is 1.00 bits per heavy atom. The van der Waals surface area contributed by atoms with Crippen LogP contribution in [0.15, 0.2) is 85.6 Å². The highest BCUT2D eigenvalue weighted by Gasteiger charge is 2.15. The molecule has 6 nitrogen and oxygen atoms in total. The lowest BCUT2D eigenvalue weighted by Crippen LogP contribution is -1.98. The van der Waals surface area contributed by atoms with Crippen LogP contribution in [0, 0.1) is 0 Å². The van der Waals surface area contributed by atoms with Crippen molar-refractivity contribution in [2.75, 3.05) is 5.32 Å². The summed E-state index contributed by atoms with van der Waals surface area (Å²) >= 11 is 0. The van der Waals surface area contributed by atoms with E-state index in [1.54, 1.807) is 0 Å². The molecule has 0 bridgehead atoms. The number of aromatic nitrogens is 5. The van der Waals surface area contributed by atoms with E-state index in [0.717, 1.165) is 87.0 Å². The fourth-order valence-corrected chi connectivity index (χ4v) is 4.79. The lowest BCUT2D eigenvalue weighted by Gasteiger charge is -2.10. The molecular weight excluding hydrogens is 444 g/mol. The molecule has 5 aromatic rings. The van der Waals surface area contributed by atoms with Gasteiger partial charge in [0.1, 0.15) is 5.69 Å². The third-order valence-corrected chi connectivity index (χ3v) is 6.67. The third kappa shape index (κ3) is 4.11. The van der Waals surface area contributed by atoms with Crippen LogP contribution in [0.4, 0.5) is 5.69 Å². The molecule has 4 aromatic heterocycles. The molecule has 1 aliphatic carbocycles. The second-order valence-electron chi connectivity index (χ2n) is 9.26.